The van der Waals surface area contributed by atoms with Gasteiger partial charge in [-0.15, -0.1) is 10.2 Å². The molecule has 12 heteroatoms. The van der Waals surface area contributed by atoms with Crippen molar-refractivity contribution in [1.82, 2.24) is 34.9 Å². The van der Waals surface area contributed by atoms with Gasteiger partial charge in [-0.25, -0.2) is 14.8 Å². The number of aromatic amines is 1. The molecule has 0 aromatic carbocycles. The number of nitrogens with zero attached hydrogens (tertiary/aromatic N) is 7. The van der Waals surface area contributed by atoms with Crippen LogP contribution in [0.1, 0.15) is 54.9 Å². The topological polar surface area (TPSA) is 94.1 Å². The monoisotopic (exact) mass is 474 g/mol. The lowest BCUT2D eigenvalue weighted by Gasteiger charge is -2.63. The van der Waals surface area contributed by atoms with Crippen molar-refractivity contribution in [2.24, 2.45) is 10.8 Å². The van der Waals surface area contributed by atoms with Crippen LogP contribution in [0.2, 0.25) is 0 Å². The van der Waals surface area contributed by atoms with Gasteiger partial charge in [0.25, 0.3) is 0 Å². The lowest BCUT2D eigenvalue weighted by Crippen LogP contribution is -2.76. The quantitative estimate of drug-likeness (QED) is 0.735. The number of hydrogen-bond acceptors (Lipinski definition) is 6. The van der Waals surface area contributed by atoms with Gasteiger partial charge in [0, 0.05) is 61.9 Å². The zero-order valence-electron chi connectivity index (χ0n) is 18.6. The zero-order chi connectivity index (χ0) is 23.3. The summed E-state index contributed by atoms with van der Waals surface area (Å²) in [7, 11) is 0. The van der Waals surface area contributed by atoms with Crippen molar-refractivity contribution in [3.63, 3.8) is 0 Å². The van der Waals surface area contributed by atoms with Crippen LogP contribution in [0.3, 0.4) is 0 Å². The third-order valence-electron chi connectivity index (χ3n) is 8.18. The Kier molecular flexibility index (Phi) is 3.97. The number of rotatable bonds is 3. The molecule has 5 heterocycles. The minimum absolute atomic E-state index is 0.0235. The van der Waals surface area contributed by atoms with E-state index in [1.807, 2.05) is 14.7 Å². The summed E-state index contributed by atoms with van der Waals surface area (Å²) in [5.41, 5.74) is -0.722. The first kappa shape index (κ1) is 20.5. The molecule has 5 aliphatic rings. The Morgan fingerprint density at radius 2 is 1.50 bits per heavy atom. The molecule has 9 nitrogen and oxygen atoms in total. The lowest BCUT2D eigenvalue weighted by molar-refractivity contribution is -0.141. The van der Waals surface area contributed by atoms with Crippen molar-refractivity contribution in [2.45, 2.75) is 43.7 Å². The number of alkyl halides is 3. The van der Waals surface area contributed by atoms with Crippen LogP contribution < -0.4 is 4.90 Å². The summed E-state index contributed by atoms with van der Waals surface area (Å²) in [6.45, 7) is 4.35. The fraction of sp³-hybridized carbons (Fsp3) is 0.682. The largest absolute Gasteiger partial charge is 0.434 e. The van der Waals surface area contributed by atoms with Gasteiger partial charge in [0.15, 0.2) is 5.69 Å². The highest BCUT2D eigenvalue weighted by Gasteiger charge is 2.59. The van der Waals surface area contributed by atoms with Crippen molar-refractivity contribution in [3.05, 3.63) is 29.7 Å². The van der Waals surface area contributed by atoms with Crippen molar-refractivity contribution in [2.75, 3.05) is 44.2 Å². The third-order valence-corrected chi connectivity index (χ3v) is 8.18. The molecule has 0 unspecified atom stereocenters. The molecule has 180 valence electrons. The molecule has 5 fully saturated rings. The maximum atomic E-state index is 12.9. The predicted molar refractivity (Wildman–Crippen MR) is 113 cm³/mol. The Morgan fingerprint density at radius 3 is 2.06 bits per heavy atom. The van der Waals surface area contributed by atoms with Gasteiger partial charge in [0.2, 0.25) is 0 Å². The van der Waals surface area contributed by atoms with Gasteiger partial charge in [-0.05, 0) is 25.7 Å². The van der Waals surface area contributed by atoms with E-state index in [2.05, 4.69) is 25.1 Å². The van der Waals surface area contributed by atoms with E-state index < -0.39 is 11.9 Å². The van der Waals surface area contributed by atoms with E-state index in [1.165, 1.54) is 19.0 Å². The highest BCUT2D eigenvalue weighted by atomic mass is 19.4. The van der Waals surface area contributed by atoms with Gasteiger partial charge in [-0.1, -0.05) is 0 Å². The molecule has 0 atom stereocenters. The fourth-order valence-corrected chi connectivity index (χ4v) is 6.20. The molecular formula is C22H25F3N8O. The number of carbonyl (C=O) groups is 1. The summed E-state index contributed by atoms with van der Waals surface area (Å²) in [4.78, 5) is 29.4. The minimum Gasteiger partial charge on any atom is -0.354 e. The summed E-state index contributed by atoms with van der Waals surface area (Å²) in [5.74, 6) is 3.50. The van der Waals surface area contributed by atoms with Crippen LogP contribution in [0.25, 0.3) is 0 Å². The van der Waals surface area contributed by atoms with Crippen LogP contribution >= 0.6 is 0 Å². The average Bonchev–Trinajstić information content (AvgIpc) is 3.41. The van der Waals surface area contributed by atoms with Crippen LogP contribution in [-0.2, 0) is 6.18 Å². The van der Waals surface area contributed by atoms with Crippen molar-refractivity contribution in [3.8, 4) is 0 Å². The molecular weight excluding hydrogens is 449 g/mol. The van der Waals surface area contributed by atoms with Gasteiger partial charge in [0.1, 0.15) is 17.5 Å². The number of likely N-dealkylation sites (tertiary alicyclic amines) is 2. The van der Waals surface area contributed by atoms with Gasteiger partial charge >= 0.3 is 12.2 Å². The van der Waals surface area contributed by atoms with Crippen molar-refractivity contribution < 1.29 is 18.0 Å². The molecule has 2 aliphatic carbocycles. The van der Waals surface area contributed by atoms with Crippen LogP contribution in [-0.4, -0.2) is 80.2 Å². The second kappa shape index (κ2) is 6.60. The molecule has 3 aliphatic heterocycles. The number of anilines is 1. The van der Waals surface area contributed by atoms with Crippen LogP contribution in [0, 0.1) is 10.8 Å². The Morgan fingerprint density at radius 1 is 0.882 bits per heavy atom. The van der Waals surface area contributed by atoms with Crippen LogP contribution in [0.5, 0.6) is 0 Å². The first-order chi connectivity index (χ1) is 16.2. The molecule has 2 amide bonds. The number of nitrogens with one attached hydrogen (secondary N) is 1. The lowest BCUT2D eigenvalue weighted by atomic mass is 9.57. The van der Waals surface area contributed by atoms with E-state index in [1.54, 1.807) is 0 Å². The highest BCUT2D eigenvalue weighted by molar-refractivity contribution is 5.77. The maximum Gasteiger partial charge on any atom is 0.434 e. The SMILES string of the molecule is O=C(N1CC2(CC(c3nnc(C4CC4)[nH]3)C2)C1)N1CC2(C1)CN(c1cnc(C(F)(F)F)cn1)C2. The fourth-order valence-electron chi connectivity index (χ4n) is 6.20. The molecule has 2 saturated carbocycles. The van der Waals surface area contributed by atoms with E-state index in [9.17, 15) is 18.0 Å². The molecule has 2 aromatic rings. The van der Waals surface area contributed by atoms with E-state index in [0.29, 0.717) is 43.8 Å². The van der Waals surface area contributed by atoms with Gasteiger partial charge in [-0.2, -0.15) is 13.2 Å². The molecule has 3 saturated heterocycles. The predicted octanol–water partition coefficient (Wildman–Crippen LogP) is 2.61. The van der Waals surface area contributed by atoms with Crippen LogP contribution in [0.15, 0.2) is 12.4 Å². The number of hydrogen-bond donors (Lipinski definition) is 1. The molecule has 2 spiro atoms. The molecule has 2 aromatic heterocycles. The molecule has 7 rings (SSSR count). The summed E-state index contributed by atoms with van der Waals surface area (Å²) in [6.07, 6.45) is 2.00. The number of aromatic nitrogens is 5. The average molecular weight is 474 g/mol. The van der Waals surface area contributed by atoms with E-state index in [0.717, 1.165) is 43.8 Å². The Bertz CT molecular complexity index is 1120. The number of halogens is 3. The summed E-state index contributed by atoms with van der Waals surface area (Å²) < 4.78 is 38.0. The standard InChI is InChI=1S/C22H25F3N8O/c23-22(24,25)15-5-27-16(6-26-15)31-9-21(10-31)11-33(12-21)19(34)32-7-20(8-32)3-14(4-20)18-28-17(29-30-18)13-1-2-13/h5-6,13-14H,1-4,7-12H2,(H,28,29,30). The zero-order valence-corrected chi connectivity index (χ0v) is 18.6. The van der Waals surface area contributed by atoms with Gasteiger partial charge in [0.05, 0.1) is 12.4 Å². The Balaban J connectivity index is 0.866. The smallest absolute Gasteiger partial charge is 0.354 e. The minimum atomic E-state index is -4.48. The van der Waals surface area contributed by atoms with Crippen molar-refractivity contribution in [1.29, 1.82) is 0 Å². The Hall–Kier alpha value is -2.92. The first-order valence-electron chi connectivity index (χ1n) is 11.8. The number of H-pyrrole nitrogens is 1. The van der Waals surface area contributed by atoms with Gasteiger partial charge < -0.3 is 19.7 Å². The van der Waals surface area contributed by atoms with E-state index in [4.69, 9.17) is 0 Å². The summed E-state index contributed by atoms with van der Waals surface area (Å²) in [6, 6.07) is 0.100. The highest BCUT2D eigenvalue weighted by Crippen LogP contribution is 2.56. The summed E-state index contributed by atoms with van der Waals surface area (Å²) in [5, 5.41) is 8.64. The number of amides is 2. The Labute approximate surface area is 193 Å². The summed E-state index contributed by atoms with van der Waals surface area (Å²) >= 11 is 0. The van der Waals surface area contributed by atoms with E-state index >= 15 is 0 Å². The maximum absolute atomic E-state index is 12.9. The normalized spacial score (nSPS) is 25.1. The number of urea groups is 1. The molecule has 1 N–H and O–H groups in total. The molecule has 0 bridgehead atoms. The van der Waals surface area contributed by atoms with Gasteiger partial charge in [-0.3, -0.25) is 0 Å². The molecule has 0 radical (unpaired) electrons. The second-order valence-electron chi connectivity index (χ2n) is 11.1. The first-order valence-corrected chi connectivity index (χ1v) is 11.8. The second-order valence-corrected chi connectivity index (χ2v) is 11.1. The third kappa shape index (κ3) is 3.17. The van der Waals surface area contributed by atoms with E-state index in [-0.39, 0.29) is 16.9 Å². The number of carbonyl (C=O) groups excluding carboxylic acids is 1. The molecule has 34 heavy (non-hydrogen) atoms. The van der Waals surface area contributed by atoms with Crippen LogP contribution in [0.4, 0.5) is 23.8 Å². The van der Waals surface area contributed by atoms with Crippen molar-refractivity contribution >= 4 is 11.8 Å².